The summed E-state index contributed by atoms with van der Waals surface area (Å²) in [6, 6.07) is 15.2. The van der Waals surface area contributed by atoms with E-state index in [4.69, 9.17) is 9.63 Å². The molecule has 2 heterocycles. The number of H-pyrrole nitrogens is 1. The van der Waals surface area contributed by atoms with Crippen LogP contribution in [0.4, 0.5) is 0 Å². The first-order chi connectivity index (χ1) is 12.2. The van der Waals surface area contributed by atoms with Gasteiger partial charge in [-0.25, -0.2) is 4.79 Å². The highest BCUT2D eigenvalue weighted by molar-refractivity contribution is 5.90. The molecule has 4 aromatic rings. The molecule has 2 aromatic heterocycles. The van der Waals surface area contributed by atoms with E-state index in [1.807, 2.05) is 54.6 Å². The Labute approximate surface area is 141 Å². The van der Waals surface area contributed by atoms with Crippen molar-refractivity contribution in [2.24, 2.45) is 0 Å². The van der Waals surface area contributed by atoms with Crippen molar-refractivity contribution in [2.75, 3.05) is 0 Å². The Balaban J connectivity index is 1.72. The predicted octanol–water partition coefficient (Wildman–Crippen LogP) is 3.48. The quantitative estimate of drug-likeness (QED) is 0.593. The second-order valence-electron chi connectivity index (χ2n) is 5.30. The van der Waals surface area contributed by atoms with Crippen molar-refractivity contribution in [1.82, 2.24) is 20.3 Å². The molecule has 2 N–H and O–H groups in total. The van der Waals surface area contributed by atoms with Crippen LogP contribution in [0.1, 0.15) is 21.9 Å². The van der Waals surface area contributed by atoms with Crippen LogP contribution in [-0.2, 0) is 0 Å². The molecule has 0 saturated heterocycles. The van der Waals surface area contributed by atoms with Crippen LogP contribution in [0.25, 0.3) is 34.4 Å². The number of fused-ring (bicyclic) bond motifs is 1. The third kappa shape index (κ3) is 2.78. The zero-order valence-electron chi connectivity index (χ0n) is 12.9. The number of para-hydroxylation sites is 1. The fourth-order valence-corrected chi connectivity index (χ4v) is 2.55. The number of aromatic carboxylic acids is 1. The first kappa shape index (κ1) is 14.8. The lowest BCUT2D eigenvalue weighted by Crippen LogP contribution is -1.95. The standard InChI is InChI=1S/C18H12N4O3/c23-18(24)17-19-16(22-25-17)12-6-2-1-5-11(12)9-10-15-13-7-3-4-8-14(13)20-21-15/h1-10H,(H,20,21)(H,23,24)/b10-9+. The van der Waals surface area contributed by atoms with Gasteiger partial charge in [0.15, 0.2) is 0 Å². The summed E-state index contributed by atoms with van der Waals surface area (Å²) in [5.41, 5.74) is 3.27. The van der Waals surface area contributed by atoms with Gasteiger partial charge < -0.3 is 9.63 Å². The van der Waals surface area contributed by atoms with Gasteiger partial charge in [-0.05, 0) is 17.7 Å². The number of carboxylic acids is 1. The fraction of sp³-hybridized carbons (Fsp3) is 0. The first-order valence-electron chi connectivity index (χ1n) is 7.50. The minimum absolute atomic E-state index is 0.226. The normalized spacial score (nSPS) is 11.4. The summed E-state index contributed by atoms with van der Waals surface area (Å²) in [6.07, 6.45) is 3.77. The maximum absolute atomic E-state index is 10.9. The van der Waals surface area contributed by atoms with E-state index in [0.29, 0.717) is 5.56 Å². The highest BCUT2D eigenvalue weighted by atomic mass is 16.5. The van der Waals surface area contributed by atoms with Gasteiger partial charge in [-0.3, -0.25) is 5.10 Å². The molecule has 4 rings (SSSR count). The molecule has 0 atom stereocenters. The molecule has 0 saturated carbocycles. The van der Waals surface area contributed by atoms with E-state index in [0.717, 1.165) is 22.2 Å². The van der Waals surface area contributed by atoms with E-state index in [-0.39, 0.29) is 5.82 Å². The van der Waals surface area contributed by atoms with Gasteiger partial charge in [-0.2, -0.15) is 10.1 Å². The molecule has 0 amide bonds. The summed E-state index contributed by atoms with van der Waals surface area (Å²) in [6.45, 7) is 0. The van der Waals surface area contributed by atoms with E-state index in [1.54, 1.807) is 6.07 Å². The molecular weight excluding hydrogens is 320 g/mol. The molecule has 0 unspecified atom stereocenters. The number of rotatable bonds is 4. The number of nitrogens with one attached hydrogen (secondary N) is 1. The van der Waals surface area contributed by atoms with Crippen molar-refractivity contribution >= 4 is 29.0 Å². The average Bonchev–Trinajstić information content (AvgIpc) is 3.28. The van der Waals surface area contributed by atoms with Gasteiger partial charge in [0.05, 0.1) is 11.2 Å². The highest BCUT2D eigenvalue weighted by Crippen LogP contribution is 2.24. The Morgan fingerprint density at radius 3 is 2.72 bits per heavy atom. The Morgan fingerprint density at radius 2 is 1.88 bits per heavy atom. The van der Waals surface area contributed by atoms with Crippen LogP contribution < -0.4 is 0 Å². The summed E-state index contributed by atoms with van der Waals surface area (Å²) < 4.78 is 4.74. The van der Waals surface area contributed by atoms with Crippen LogP contribution in [0.5, 0.6) is 0 Å². The largest absolute Gasteiger partial charge is 0.474 e. The molecule has 0 aliphatic heterocycles. The number of hydrogen-bond acceptors (Lipinski definition) is 5. The highest BCUT2D eigenvalue weighted by Gasteiger charge is 2.15. The second kappa shape index (κ2) is 6.04. The fourth-order valence-electron chi connectivity index (χ4n) is 2.55. The van der Waals surface area contributed by atoms with Crippen molar-refractivity contribution in [3.63, 3.8) is 0 Å². The van der Waals surface area contributed by atoms with Gasteiger partial charge in [-0.1, -0.05) is 53.7 Å². The molecule has 7 heteroatoms. The molecular formula is C18H12N4O3. The number of carbonyl (C=O) groups is 1. The Kier molecular flexibility index (Phi) is 3.59. The number of aromatic nitrogens is 4. The van der Waals surface area contributed by atoms with Gasteiger partial charge in [0.1, 0.15) is 0 Å². The maximum atomic E-state index is 10.9. The van der Waals surface area contributed by atoms with Gasteiger partial charge in [0.25, 0.3) is 0 Å². The minimum Gasteiger partial charge on any atom is -0.474 e. The molecule has 7 nitrogen and oxygen atoms in total. The van der Waals surface area contributed by atoms with E-state index >= 15 is 0 Å². The van der Waals surface area contributed by atoms with Crippen LogP contribution in [-0.4, -0.2) is 31.4 Å². The van der Waals surface area contributed by atoms with E-state index in [2.05, 4.69) is 20.3 Å². The summed E-state index contributed by atoms with van der Waals surface area (Å²) in [7, 11) is 0. The van der Waals surface area contributed by atoms with Crippen molar-refractivity contribution in [2.45, 2.75) is 0 Å². The number of hydrogen-bond donors (Lipinski definition) is 2. The summed E-state index contributed by atoms with van der Waals surface area (Å²) >= 11 is 0. The molecule has 0 fully saturated rings. The van der Waals surface area contributed by atoms with E-state index in [9.17, 15) is 4.79 Å². The Bertz CT molecular complexity index is 1090. The lowest BCUT2D eigenvalue weighted by atomic mass is 10.1. The molecule has 0 bridgehead atoms. The molecule has 0 aliphatic carbocycles. The monoisotopic (exact) mass is 332 g/mol. The van der Waals surface area contributed by atoms with Crippen LogP contribution >= 0.6 is 0 Å². The van der Waals surface area contributed by atoms with Crippen molar-refractivity contribution in [3.05, 3.63) is 65.7 Å². The first-order valence-corrected chi connectivity index (χ1v) is 7.50. The van der Waals surface area contributed by atoms with Crippen LogP contribution in [0.3, 0.4) is 0 Å². The van der Waals surface area contributed by atoms with Gasteiger partial charge >= 0.3 is 11.9 Å². The average molecular weight is 332 g/mol. The summed E-state index contributed by atoms with van der Waals surface area (Å²) in [4.78, 5) is 14.8. The van der Waals surface area contributed by atoms with Crippen LogP contribution in [0.2, 0.25) is 0 Å². The van der Waals surface area contributed by atoms with Gasteiger partial charge in [0, 0.05) is 10.9 Å². The minimum atomic E-state index is -1.25. The number of nitrogens with zero attached hydrogens (tertiary/aromatic N) is 3. The molecule has 0 aliphatic rings. The third-order valence-electron chi connectivity index (χ3n) is 3.73. The molecule has 25 heavy (non-hydrogen) atoms. The van der Waals surface area contributed by atoms with E-state index < -0.39 is 11.9 Å². The SMILES string of the molecule is O=C(O)c1nc(-c2ccccc2/C=C/c2n[nH]c3ccccc23)no1. The van der Waals surface area contributed by atoms with Crippen LogP contribution in [0.15, 0.2) is 53.1 Å². The summed E-state index contributed by atoms with van der Waals surface area (Å²) in [5.74, 6) is -1.47. The smallest absolute Gasteiger partial charge is 0.394 e. The molecule has 0 radical (unpaired) electrons. The molecule has 0 spiro atoms. The van der Waals surface area contributed by atoms with Crippen LogP contribution in [0, 0.1) is 0 Å². The lowest BCUT2D eigenvalue weighted by molar-refractivity contribution is 0.0643. The maximum Gasteiger partial charge on any atom is 0.394 e. The lowest BCUT2D eigenvalue weighted by Gasteiger charge is -2.00. The van der Waals surface area contributed by atoms with Crippen molar-refractivity contribution in [3.8, 4) is 11.4 Å². The van der Waals surface area contributed by atoms with Crippen molar-refractivity contribution < 1.29 is 14.4 Å². The molecule has 2 aromatic carbocycles. The summed E-state index contributed by atoms with van der Waals surface area (Å²) in [5, 5.41) is 21.0. The van der Waals surface area contributed by atoms with Crippen molar-refractivity contribution in [1.29, 1.82) is 0 Å². The van der Waals surface area contributed by atoms with Gasteiger partial charge in [-0.15, -0.1) is 0 Å². The zero-order chi connectivity index (χ0) is 17.2. The zero-order valence-corrected chi connectivity index (χ0v) is 12.9. The van der Waals surface area contributed by atoms with Gasteiger partial charge in [0.2, 0.25) is 5.82 Å². The second-order valence-corrected chi connectivity index (χ2v) is 5.30. The Morgan fingerprint density at radius 1 is 1.08 bits per heavy atom. The number of carboxylic acid groups (broad SMARTS) is 1. The Hall–Kier alpha value is -3.74. The third-order valence-corrected chi connectivity index (χ3v) is 3.73. The van der Waals surface area contributed by atoms with E-state index in [1.165, 1.54) is 0 Å². The predicted molar refractivity (Wildman–Crippen MR) is 91.7 cm³/mol. The number of benzene rings is 2. The topological polar surface area (TPSA) is 105 Å². The molecule has 122 valence electrons. The number of aromatic amines is 1.